The molecule has 1 aliphatic heterocycles. The smallest absolute Gasteiger partial charge is 0.262 e. The van der Waals surface area contributed by atoms with Crippen LogP contribution in [-0.4, -0.2) is 48.0 Å². The number of rotatable bonds is 6. The first-order valence-electron chi connectivity index (χ1n) is 7.27. The van der Waals surface area contributed by atoms with E-state index in [1.54, 1.807) is 10.5 Å². The average Bonchev–Trinajstić information content (AvgIpc) is 3.04. The molecule has 0 amide bonds. The summed E-state index contributed by atoms with van der Waals surface area (Å²) in [5.41, 5.74) is 0. The van der Waals surface area contributed by atoms with E-state index in [9.17, 15) is 8.42 Å². The molecule has 2 rings (SSSR count). The first kappa shape index (κ1) is 15.5. The molecule has 0 aliphatic carbocycles. The molecule has 114 valence electrons. The normalized spacial score (nSPS) is 19.9. The Morgan fingerprint density at radius 1 is 1.50 bits per heavy atom. The highest BCUT2D eigenvalue weighted by atomic mass is 32.2. The van der Waals surface area contributed by atoms with Gasteiger partial charge in [0.1, 0.15) is 5.82 Å². The maximum atomic E-state index is 12.8. The lowest BCUT2D eigenvalue weighted by atomic mass is 10.2. The van der Waals surface area contributed by atoms with Crippen LogP contribution >= 0.6 is 0 Å². The fraction of sp³-hybridized carbons (Fsp3) is 0.769. The summed E-state index contributed by atoms with van der Waals surface area (Å²) in [6.45, 7) is 8.70. The van der Waals surface area contributed by atoms with E-state index in [1.165, 1.54) is 0 Å². The number of nitrogens with zero attached hydrogens (tertiary/aromatic N) is 3. The third-order valence-corrected chi connectivity index (χ3v) is 5.58. The van der Waals surface area contributed by atoms with Crippen molar-refractivity contribution in [2.75, 3.05) is 19.6 Å². The minimum Gasteiger partial charge on any atom is -0.334 e. The highest BCUT2D eigenvalue weighted by Crippen LogP contribution is 2.21. The van der Waals surface area contributed by atoms with Crippen LogP contribution in [0.2, 0.25) is 0 Å². The quantitative estimate of drug-likeness (QED) is 0.850. The maximum absolute atomic E-state index is 12.8. The van der Waals surface area contributed by atoms with Crippen molar-refractivity contribution in [1.82, 2.24) is 19.2 Å². The molecule has 0 radical (unpaired) electrons. The molecule has 1 unspecified atom stereocenters. The Hall–Kier alpha value is -0.920. The summed E-state index contributed by atoms with van der Waals surface area (Å²) in [7, 11) is -3.50. The SMILES string of the molecule is CCCN(C1CCNC1)S(=O)(=O)c1cn(CC)c(C)n1. The predicted octanol–water partition coefficient (Wildman–Crippen LogP) is 0.974. The minimum atomic E-state index is -3.50. The number of nitrogens with one attached hydrogen (secondary N) is 1. The third-order valence-electron chi connectivity index (χ3n) is 3.75. The van der Waals surface area contributed by atoms with E-state index in [1.807, 2.05) is 25.3 Å². The average molecular weight is 300 g/mol. The Morgan fingerprint density at radius 3 is 2.75 bits per heavy atom. The monoisotopic (exact) mass is 300 g/mol. The van der Waals surface area contributed by atoms with Crippen LogP contribution in [0.3, 0.4) is 0 Å². The summed E-state index contributed by atoms with van der Waals surface area (Å²) in [4.78, 5) is 4.24. The molecular weight excluding hydrogens is 276 g/mol. The molecule has 1 N–H and O–H groups in total. The van der Waals surface area contributed by atoms with Crippen LogP contribution in [0, 0.1) is 6.92 Å². The highest BCUT2D eigenvalue weighted by molar-refractivity contribution is 7.89. The molecule has 0 saturated carbocycles. The van der Waals surface area contributed by atoms with Gasteiger partial charge in [0, 0.05) is 31.9 Å². The molecule has 1 saturated heterocycles. The summed E-state index contributed by atoms with van der Waals surface area (Å²) in [5.74, 6) is 0.743. The van der Waals surface area contributed by atoms with Gasteiger partial charge < -0.3 is 9.88 Å². The standard InChI is InChI=1S/C13H24N4O2S/c1-4-8-17(12-6-7-14-9-12)20(18,19)13-10-16(5-2)11(3)15-13/h10,12,14H,4-9H2,1-3H3. The van der Waals surface area contributed by atoms with Gasteiger partial charge in [-0.1, -0.05) is 6.92 Å². The third kappa shape index (κ3) is 2.89. The molecule has 0 spiro atoms. The second kappa shape index (κ2) is 6.24. The van der Waals surface area contributed by atoms with Crippen molar-refractivity contribution < 1.29 is 8.42 Å². The van der Waals surface area contributed by atoms with Crippen LogP contribution < -0.4 is 5.32 Å². The zero-order chi connectivity index (χ0) is 14.8. The number of imidazole rings is 1. The van der Waals surface area contributed by atoms with E-state index < -0.39 is 10.0 Å². The van der Waals surface area contributed by atoms with Gasteiger partial charge in [-0.3, -0.25) is 0 Å². The van der Waals surface area contributed by atoms with Crippen molar-refractivity contribution in [3.05, 3.63) is 12.0 Å². The van der Waals surface area contributed by atoms with E-state index in [-0.39, 0.29) is 11.1 Å². The Labute approximate surface area is 121 Å². The van der Waals surface area contributed by atoms with Crippen LogP contribution in [0.5, 0.6) is 0 Å². The van der Waals surface area contributed by atoms with E-state index >= 15 is 0 Å². The first-order valence-corrected chi connectivity index (χ1v) is 8.71. The lowest BCUT2D eigenvalue weighted by Crippen LogP contribution is -2.42. The van der Waals surface area contributed by atoms with Gasteiger partial charge in [0.05, 0.1) is 0 Å². The summed E-state index contributed by atoms with van der Waals surface area (Å²) in [6.07, 6.45) is 3.33. The van der Waals surface area contributed by atoms with Gasteiger partial charge in [-0.15, -0.1) is 0 Å². The van der Waals surface area contributed by atoms with Gasteiger partial charge in [-0.05, 0) is 33.2 Å². The van der Waals surface area contributed by atoms with Crippen molar-refractivity contribution in [2.24, 2.45) is 0 Å². The topological polar surface area (TPSA) is 67.2 Å². The van der Waals surface area contributed by atoms with Gasteiger partial charge in [0.2, 0.25) is 0 Å². The maximum Gasteiger partial charge on any atom is 0.262 e. The fourth-order valence-corrected chi connectivity index (χ4v) is 4.39. The lowest BCUT2D eigenvalue weighted by Gasteiger charge is -2.26. The number of aryl methyl sites for hydroxylation is 2. The molecule has 7 heteroatoms. The van der Waals surface area contributed by atoms with E-state index in [0.29, 0.717) is 6.54 Å². The number of hydrogen-bond acceptors (Lipinski definition) is 4. The Balaban J connectivity index is 2.33. The van der Waals surface area contributed by atoms with E-state index in [4.69, 9.17) is 0 Å². The zero-order valence-corrected chi connectivity index (χ0v) is 13.3. The zero-order valence-electron chi connectivity index (χ0n) is 12.5. The summed E-state index contributed by atoms with van der Waals surface area (Å²) < 4.78 is 29.1. The largest absolute Gasteiger partial charge is 0.334 e. The minimum absolute atomic E-state index is 0.0482. The summed E-state index contributed by atoms with van der Waals surface area (Å²) in [5, 5.41) is 3.41. The van der Waals surface area contributed by atoms with Crippen LogP contribution in [0.15, 0.2) is 11.2 Å². The molecule has 1 atom stereocenters. The number of hydrogen-bond donors (Lipinski definition) is 1. The predicted molar refractivity (Wildman–Crippen MR) is 78.1 cm³/mol. The molecule has 1 aromatic rings. The van der Waals surface area contributed by atoms with Crippen molar-refractivity contribution in [3.63, 3.8) is 0 Å². The second-order valence-electron chi connectivity index (χ2n) is 5.17. The van der Waals surface area contributed by atoms with Crippen molar-refractivity contribution in [3.8, 4) is 0 Å². The van der Waals surface area contributed by atoms with Crippen molar-refractivity contribution in [1.29, 1.82) is 0 Å². The van der Waals surface area contributed by atoms with Crippen molar-refractivity contribution in [2.45, 2.75) is 51.2 Å². The Kier molecular flexibility index (Phi) is 4.82. The van der Waals surface area contributed by atoms with Crippen LogP contribution in [0.1, 0.15) is 32.5 Å². The van der Waals surface area contributed by atoms with E-state index in [2.05, 4.69) is 10.3 Å². The van der Waals surface area contributed by atoms with Gasteiger partial charge >= 0.3 is 0 Å². The second-order valence-corrected chi connectivity index (χ2v) is 7.01. The lowest BCUT2D eigenvalue weighted by molar-refractivity contribution is 0.334. The van der Waals surface area contributed by atoms with Crippen LogP contribution in [-0.2, 0) is 16.6 Å². The Morgan fingerprint density at radius 2 is 2.25 bits per heavy atom. The van der Waals surface area contributed by atoms with Crippen LogP contribution in [0.25, 0.3) is 0 Å². The molecule has 1 fully saturated rings. The van der Waals surface area contributed by atoms with Gasteiger partial charge in [0.25, 0.3) is 10.0 Å². The van der Waals surface area contributed by atoms with Crippen LogP contribution in [0.4, 0.5) is 0 Å². The van der Waals surface area contributed by atoms with E-state index in [0.717, 1.165) is 38.3 Å². The van der Waals surface area contributed by atoms with Gasteiger partial charge in [0.15, 0.2) is 5.03 Å². The molecule has 1 aliphatic rings. The highest BCUT2D eigenvalue weighted by Gasteiger charge is 2.34. The van der Waals surface area contributed by atoms with Crippen molar-refractivity contribution >= 4 is 10.0 Å². The number of sulfonamides is 1. The Bertz CT molecular complexity index is 547. The molecule has 0 aromatic carbocycles. The first-order chi connectivity index (χ1) is 9.50. The molecular formula is C13H24N4O2S. The van der Waals surface area contributed by atoms with Gasteiger partial charge in [-0.25, -0.2) is 13.4 Å². The molecule has 0 bridgehead atoms. The number of aromatic nitrogens is 2. The van der Waals surface area contributed by atoms with Gasteiger partial charge in [-0.2, -0.15) is 4.31 Å². The fourth-order valence-electron chi connectivity index (χ4n) is 2.65. The molecule has 20 heavy (non-hydrogen) atoms. The summed E-state index contributed by atoms with van der Waals surface area (Å²) >= 11 is 0. The molecule has 6 nitrogen and oxygen atoms in total. The molecule has 2 heterocycles. The molecule has 1 aromatic heterocycles. The summed E-state index contributed by atoms with van der Waals surface area (Å²) in [6, 6.07) is 0.0482.